The summed E-state index contributed by atoms with van der Waals surface area (Å²) in [5, 5.41) is 0.355. The second-order valence-electron chi connectivity index (χ2n) is 4.47. The Hall–Kier alpha value is -1.81. The molecule has 1 aliphatic heterocycles. The first kappa shape index (κ1) is 12.2. The van der Waals surface area contributed by atoms with Gasteiger partial charge in [-0.1, -0.05) is 11.6 Å². The molecule has 19 heavy (non-hydrogen) atoms. The third kappa shape index (κ3) is 2.12. The topological polar surface area (TPSA) is 33.5 Å². The molecular weight excluding hydrogens is 269 g/mol. The summed E-state index contributed by atoms with van der Waals surface area (Å²) >= 11 is 5.85. The van der Waals surface area contributed by atoms with Crippen molar-refractivity contribution in [1.29, 1.82) is 0 Å². The van der Waals surface area contributed by atoms with Crippen LogP contribution in [0.15, 0.2) is 35.1 Å². The number of anilines is 1. The van der Waals surface area contributed by atoms with E-state index in [1.54, 1.807) is 12.1 Å². The van der Waals surface area contributed by atoms with Crippen LogP contribution in [0, 0.1) is 5.82 Å². The quantitative estimate of drug-likeness (QED) is 0.798. The standard InChI is InChI=1S/C14H11ClFNO2/c15-11-6-9-2-1-4-17(13(9)12(16)7-11)14(18)10-3-5-19-8-10/h3,5-8H,1-2,4H2. The van der Waals surface area contributed by atoms with Crippen LogP contribution < -0.4 is 4.90 Å². The zero-order valence-corrected chi connectivity index (χ0v) is 10.8. The summed E-state index contributed by atoms with van der Waals surface area (Å²) < 4.78 is 19.0. The van der Waals surface area contributed by atoms with E-state index in [1.807, 2.05) is 0 Å². The van der Waals surface area contributed by atoms with Crippen molar-refractivity contribution in [3.63, 3.8) is 0 Å². The van der Waals surface area contributed by atoms with Crippen molar-refractivity contribution in [3.05, 3.63) is 52.7 Å². The van der Waals surface area contributed by atoms with Crippen LogP contribution in [0.5, 0.6) is 0 Å². The van der Waals surface area contributed by atoms with Gasteiger partial charge in [-0.25, -0.2) is 4.39 Å². The molecule has 5 heteroatoms. The van der Waals surface area contributed by atoms with E-state index in [1.165, 1.54) is 23.5 Å². The minimum absolute atomic E-state index is 0.254. The Kier molecular flexibility index (Phi) is 3.03. The van der Waals surface area contributed by atoms with Gasteiger partial charge in [-0.3, -0.25) is 4.79 Å². The molecule has 0 N–H and O–H groups in total. The fourth-order valence-corrected chi connectivity index (χ4v) is 2.62. The highest BCUT2D eigenvalue weighted by atomic mass is 35.5. The molecule has 0 spiro atoms. The highest BCUT2D eigenvalue weighted by Crippen LogP contribution is 2.33. The zero-order valence-electron chi connectivity index (χ0n) is 10.0. The van der Waals surface area contributed by atoms with Crippen LogP contribution >= 0.6 is 11.6 Å². The van der Waals surface area contributed by atoms with Gasteiger partial charge >= 0.3 is 0 Å². The van der Waals surface area contributed by atoms with Crippen LogP contribution in [0.4, 0.5) is 10.1 Å². The van der Waals surface area contributed by atoms with Crippen molar-refractivity contribution in [2.45, 2.75) is 12.8 Å². The summed E-state index contributed by atoms with van der Waals surface area (Å²) in [6.45, 7) is 0.496. The number of carbonyl (C=O) groups is 1. The van der Waals surface area contributed by atoms with Gasteiger partial charge in [-0.15, -0.1) is 0 Å². The number of nitrogens with zero attached hydrogens (tertiary/aromatic N) is 1. The summed E-state index contributed by atoms with van der Waals surface area (Å²) in [5.41, 5.74) is 1.53. The summed E-state index contributed by atoms with van der Waals surface area (Å²) in [5.74, 6) is -0.713. The van der Waals surface area contributed by atoms with E-state index in [4.69, 9.17) is 16.0 Å². The largest absolute Gasteiger partial charge is 0.472 e. The van der Waals surface area contributed by atoms with Crippen LogP contribution in [0.2, 0.25) is 5.02 Å². The maximum absolute atomic E-state index is 14.1. The van der Waals surface area contributed by atoms with Gasteiger partial charge in [0.05, 0.1) is 17.5 Å². The third-order valence-electron chi connectivity index (χ3n) is 3.22. The predicted molar refractivity (Wildman–Crippen MR) is 70.1 cm³/mol. The van der Waals surface area contributed by atoms with Crippen LogP contribution in [0.25, 0.3) is 0 Å². The lowest BCUT2D eigenvalue weighted by Crippen LogP contribution is -2.36. The van der Waals surface area contributed by atoms with Gasteiger partial charge < -0.3 is 9.32 Å². The number of aryl methyl sites for hydroxylation is 1. The van der Waals surface area contributed by atoms with Crippen molar-refractivity contribution >= 4 is 23.2 Å². The highest BCUT2D eigenvalue weighted by molar-refractivity contribution is 6.30. The first-order valence-electron chi connectivity index (χ1n) is 5.99. The maximum atomic E-state index is 14.1. The fraction of sp³-hybridized carbons (Fsp3) is 0.214. The second kappa shape index (κ2) is 4.70. The molecule has 3 nitrogen and oxygen atoms in total. The van der Waals surface area contributed by atoms with Crippen LogP contribution in [0.1, 0.15) is 22.3 Å². The molecule has 0 radical (unpaired) electrons. The number of hydrogen-bond donors (Lipinski definition) is 0. The Morgan fingerprint density at radius 2 is 2.26 bits per heavy atom. The fourth-order valence-electron chi connectivity index (χ4n) is 2.40. The SMILES string of the molecule is O=C(c1ccoc1)N1CCCc2cc(Cl)cc(F)c21. The molecule has 1 aromatic carbocycles. The third-order valence-corrected chi connectivity index (χ3v) is 3.44. The van der Waals surface area contributed by atoms with Crippen molar-refractivity contribution in [3.8, 4) is 0 Å². The van der Waals surface area contributed by atoms with Gasteiger partial charge in [0.25, 0.3) is 5.91 Å². The molecule has 2 heterocycles. The van der Waals surface area contributed by atoms with Gasteiger partial charge in [-0.2, -0.15) is 0 Å². The van der Waals surface area contributed by atoms with Crippen molar-refractivity contribution in [1.82, 2.24) is 0 Å². The summed E-state index contributed by atoms with van der Waals surface area (Å²) in [7, 11) is 0. The average Bonchev–Trinajstić information content (AvgIpc) is 2.90. The predicted octanol–water partition coefficient (Wildman–Crippen LogP) is 3.67. The molecule has 3 rings (SSSR count). The molecule has 0 bridgehead atoms. The lowest BCUT2D eigenvalue weighted by Gasteiger charge is -2.29. The number of rotatable bonds is 1. The summed E-state index contributed by atoms with van der Waals surface area (Å²) in [6, 6.07) is 4.53. The van der Waals surface area contributed by atoms with Crippen molar-refractivity contribution < 1.29 is 13.6 Å². The molecule has 0 aliphatic carbocycles. The Morgan fingerprint density at radius 1 is 1.42 bits per heavy atom. The summed E-state index contributed by atoms with van der Waals surface area (Å²) in [4.78, 5) is 13.8. The lowest BCUT2D eigenvalue weighted by molar-refractivity contribution is 0.0983. The Balaban J connectivity index is 2.05. The second-order valence-corrected chi connectivity index (χ2v) is 4.90. The van der Waals surface area contributed by atoms with E-state index in [0.717, 1.165) is 18.4 Å². The van der Waals surface area contributed by atoms with E-state index in [2.05, 4.69) is 0 Å². The number of fused-ring (bicyclic) bond motifs is 1. The minimum atomic E-state index is -0.459. The van der Waals surface area contributed by atoms with Crippen LogP contribution in [-0.4, -0.2) is 12.5 Å². The van der Waals surface area contributed by atoms with Crippen LogP contribution in [-0.2, 0) is 6.42 Å². The summed E-state index contributed by atoms with van der Waals surface area (Å²) in [6.07, 6.45) is 4.30. The van der Waals surface area contributed by atoms with Gasteiger partial charge in [0.15, 0.2) is 0 Å². The molecule has 98 valence electrons. The molecular formula is C14H11ClFNO2. The number of carbonyl (C=O) groups excluding carboxylic acids is 1. The van der Waals surface area contributed by atoms with E-state index in [9.17, 15) is 9.18 Å². The van der Waals surface area contributed by atoms with E-state index < -0.39 is 5.82 Å². The molecule has 0 atom stereocenters. The first-order chi connectivity index (χ1) is 9.16. The number of halogens is 2. The molecule has 1 aromatic heterocycles. The average molecular weight is 280 g/mol. The molecule has 0 fully saturated rings. The number of amides is 1. The van der Waals surface area contributed by atoms with E-state index in [0.29, 0.717) is 22.8 Å². The maximum Gasteiger partial charge on any atom is 0.261 e. The van der Waals surface area contributed by atoms with Gasteiger partial charge in [0, 0.05) is 11.6 Å². The van der Waals surface area contributed by atoms with Gasteiger partial charge in [0.2, 0.25) is 0 Å². The smallest absolute Gasteiger partial charge is 0.261 e. The number of furan rings is 1. The van der Waals surface area contributed by atoms with Gasteiger partial charge in [-0.05, 0) is 36.6 Å². The minimum Gasteiger partial charge on any atom is -0.472 e. The first-order valence-corrected chi connectivity index (χ1v) is 6.36. The highest BCUT2D eigenvalue weighted by Gasteiger charge is 2.27. The molecule has 0 unspecified atom stereocenters. The van der Waals surface area contributed by atoms with Crippen molar-refractivity contribution in [2.24, 2.45) is 0 Å². The number of hydrogen-bond acceptors (Lipinski definition) is 2. The number of benzene rings is 1. The zero-order chi connectivity index (χ0) is 13.4. The van der Waals surface area contributed by atoms with Gasteiger partial charge in [0.1, 0.15) is 12.1 Å². The Morgan fingerprint density at radius 3 is 3.00 bits per heavy atom. The molecule has 2 aromatic rings. The monoisotopic (exact) mass is 279 g/mol. The molecule has 1 amide bonds. The molecule has 0 saturated heterocycles. The normalized spacial score (nSPS) is 14.3. The molecule has 0 saturated carbocycles. The Labute approximate surface area is 114 Å². The Bertz CT molecular complexity index is 625. The van der Waals surface area contributed by atoms with Crippen molar-refractivity contribution in [2.75, 3.05) is 11.4 Å². The van der Waals surface area contributed by atoms with E-state index >= 15 is 0 Å². The lowest BCUT2D eigenvalue weighted by atomic mass is 10.0. The molecule has 1 aliphatic rings. The van der Waals surface area contributed by atoms with E-state index in [-0.39, 0.29) is 5.91 Å². The van der Waals surface area contributed by atoms with Crippen LogP contribution in [0.3, 0.4) is 0 Å².